The molecular formula is C20H28N2O5S. The zero-order valence-corrected chi connectivity index (χ0v) is 17.4. The number of nitrogens with zero attached hydrogens (tertiary/aromatic N) is 1. The number of ether oxygens (including phenoxy) is 1. The van der Waals surface area contributed by atoms with Crippen molar-refractivity contribution < 1.29 is 22.7 Å². The highest BCUT2D eigenvalue weighted by atomic mass is 32.2. The monoisotopic (exact) mass is 408 g/mol. The van der Waals surface area contributed by atoms with Crippen LogP contribution in [0.15, 0.2) is 24.3 Å². The summed E-state index contributed by atoms with van der Waals surface area (Å²) in [6.45, 7) is 6.06. The van der Waals surface area contributed by atoms with Crippen molar-refractivity contribution >= 4 is 21.7 Å². The van der Waals surface area contributed by atoms with Gasteiger partial charge < -0.3 is 15.0 Å². The first-order valence-corrected chi connectivity index (χ1v) is 11.5. The standard InChI is InChI=1S/C20H28N2O5S/c1-13(2)27-18-7-5-4-6-17(18)14(3)21-20(24)15-10-19(23)22(11-15)16-8-9-28(25,26)12-16/h4-7,13-16H,8-12H2,1-3H3,(H,21,24)/t14-,15+,16-/m0/s1. The lowest BCUT2D eigenvalue weighted by Gasteiger charge is -2.24. The number of para-hydroxylation sites is 1. The smallest absolute Gasteiger partial charge is 0.225 e. The molecule has 2 aliphatic rings. The van der Waals surface area contributed by atoms with Crippen molar-refractivity contribution in [2.24, 2.45) is 5.92 Å². The fourth-order valence-corrected chi connectivity index (χ4v) is 5.62. The van der Waals surface area contributed by atoms with E-state index in [9.17, 15) is 18.0 Å². The van der Waals surface area contributed by atoms with E-state index < -0.39 is 15.8 Å². The molecular weight excluding hydrogens is 380 g/mol. The number of sulfone groups is 1. The highest BCUT2D eigenvalue weighted by Crippen LogP contribution is 2.29. The van der Waals surface area contributed by atoms with E-state index in [-0.39, 0.29) is 54.5 Å². The quantitative estimate of drug-likeness (QED) is 0.773. The number of hydrogen-bond donors (Lipinski definition) is 1. The van der Waals surface area contributed by atoms with E-state index in [1.807, 2.05) is 45.0 Å². The third kappa shape index (κ3) is 4.66. The zero-order chi connectivity index (χ0) is 20.5. The Morgan fingerprint density at radius 2 is 1.96 bits per heavy atom. The lowest BCUT2D eigenvalue weighted by molar-refractivity contribution is -0.130. The van der Waals surface area contributed by atoms with Gasteiger partial charge in [0, 0.05) is 24.6 Å². The maximum atomic E-state index is 12.7. The van der Waals surface area contributed by atoms with Crippen LogP contribution in [0, 0.1) is 5.92 Å². The molecule has 3 rings (SSSR count). The van der Waals surface area contributed by atoms with Crippen LogP contribution in [0.3, 0.4) is 0 Å². The first-order valence-electron chi connectivity index (χ1n) is 9.72. The van der Waals surface area contributed by atoms with Crippen molar-refractivity contribution in [3.63, 3.8) is 0 Å². The molecule has 0 aliphatic carbocycles. The maximum Gasteiger partial charge on any atom is 0.225 e. The number of nitrogens with one attached hydrogen (secondary N) is 1. The molecule has 7 nitrogen and oxygen atoms in total. The molecule has 8 heteroatoms. The lowest BCUT2D eigenvalue weighted by Crippen LogP contribution is -2.39. The highest BCUT2D eigenvalue weighted by Gasteiger charge is 2.42. The Bertz CT molecular complexity index is 852. The third-order valence-corrected chi connectivity index (χ3v) is 7.04. The summed E-state index contributed by atoms with van der Waals surface area (Å²) in [5.41, 5.74) is 0.882. The first kappa shape index (κ1) is 20.6. The highest BCUT2D eigenvalue weighted by molar-refractivity contribution is 7.91. The Labute approximate surface area is 166 Å². The van der Waals surface area contributed by atoms with Crippen LogP contribution < -0.4 is 10.1 Å². The molecule has 2 fully saturated rings. The minimum absolute atomic E-state index is 0.00337. The van der Waals surface area contributed by atoms with Crippen LogP contribution in [0.5, 0.6) is 5.75 Å². The fourth-order valence-electron chi connectivity index (χ4n) is 3.89. The van der Waals surface area contributed by atoms with E-state index in [2.05, 4.69) is 5.32 Å². The molecule has 3 atom stereocenters. The van der Waals surface area contributed by atoms with Crippen LogP contribution in [0.25, 0.3) is 0 Å². The molecule has 0 radical (unpaired) electrons. The fraction of sp³-hybridized carbons (Fsp3) is 0.600. The minimum atomic E-state index is -3.07. The molecule has 1 aromatic carbocycles. The van der Waals surface area contributed by atoms with Crippen LogP contribution in [-0.2, 0) is 19.4 Å². The summed E-state index contributed by atoms with van der Waals surface area (Å²) in [5.74, 6) is 0.0507. The Balaban J connectivity index is 1.63. The third-order valence-electron chi connectivity index (χ3n) is 5.29. The van der Waals surface area contributed by atoms with Gasteiger partial charge in [0.2, 0.25) is 11.8 Å². The van der Waals surface area contributed by atoms with Crippen LogP contribution in [0.2, 0.25) is 0 Å². The molecule has 2 aliphatic heterocycles. The van der Waals surface area contributed by atoms with Crippen LogP contribution in [0.4, 0.5) is 0 Å². The maximum absolute atomic E-state index is 12.7. The van der Waals surface area contributed by atoms with E-state index in [1.54, 1.807) is 4.90 Å². The summed E-state index contributed by atoms with van der Waals surface area (Å²) >= 11 is 0. The van der Waals surface area contributed by atoms with Crippen LogP contribution in [0.1, 0.15) is 45.2 Å². The number of hydrogen-bond acceptors (Lipinski definition) is 5. The van der Waals surface area contributed by atoms with Crippen molar-refractivity contribution in [3.05, 3.63) is 29.8 Å². The molecule has 0 aromatic heterocycles. The molecule has 1 N–H and O–H groups in total. The topological polar surface area (TPSA) is 92.8 Å². The average Bonchev–Trinajstić information content (AvgIpc) is 3.16. The number of carbonyl (C=O) groups is 2. The van der Waals surface area contributed by atoms with E-state index >= 15 is 0 Å². The largest absolute Gasteiger partial charge is 0.491 e. The molecule has 28 heavy (non-hydrogen) atoms. The summed E-state index contributed by atoms with van der Waals surface area (Å²) in [6, 6.07) is 7.01. The normalized spacial score (nSPS) is 25.1. The molecule has 0 spiro atoms. The molecule has 0 saturated carbocycles. The molecule has 2 saturated heterocycles. The Kier molecular flexibility index (Phi) is 5.98. The van der Waals surface area contributed by atoms with Gasteiger partial charge in [-0.2, -0.15) is 0 Å². The van der Waals surface area contributed by atoms with E-state index in [0.29, 0.717) is 6.42 Å². The Morgan fingerprint density at radius 3 is 2.61 bits per heavy atom. The molecule has 1 aromatic rings. The van der Waals surface area contributed by atoms with Gasteiger partial charge in [0.25, 0.3) is 0 Å². The predicted octanol–water partition coefficient (Wildman–Crippen LogP) is 1.69. The van der Waals surface area contributed by atoms with Gasteiger partial charge in [-0.3, -0.25) is 9.59 Å². The Hall–Kier alpha value is -2.09. The number of amides is 2. The number of rotatable bonds is 6. The molecule has 0 unspecified atom stereocenters. The van der Waals surface area contributed by atoms with E-state index in [0.717, 1.165) is 11.3 Å². The molecule has 0 bridgehead atoms. The van der Waals surface area contributed by atoms with Crippen molar-refractivity contribution in [2.75, 3.05) is 18.1 Å². The van der Waals surface area contributed by atoms with Gasteiger partial charge in [-0.05, 0) is 33.3 Å². The first-order chi connectivity index (χ1) is 13.2. The summed E-state index contributed by atoms with van der Waals surface area (Å²) in [7, 11) is -3.07. The van der Waals surface area contributed by atoms with Gasteiger partial charge in [0.15, 0.2) is 9.84 Å². The van der Waals surface area contributed by atoms with Crippen molar-refractivity contribution in [3.8, 4) is 5.75 Å². The van der Waals surface area contributed by atoms with Gasteiger partial charge >= 0.3 is 0 Å². The molecule has 154 valence electrons. The van der Waals surface area contributed by atoms with Gasteiger partial charge in [0.1, 0.15) is 5.75 Å². The molecule has 2 amide bonds. The zero-order valence-electron chi connectivity index (χ0n) is 16.6. The van der Waals surface area contributed by atoms with Crippen LogP contribution in [-0.4, -0.2) is 55.3 Å². The lowest BCUT2D eigenvalue weighted by atomic mass is 10.0. The summed E-state index contributed by atoms with van der Waals surface area (Å²) < 4.78 is 29.2. The van der Waals surface area contributed by atoms with Gasteiger partial charge in [-0.1, -0.05) is 18.2 Å². The summed E-state index contributed by atoms with van der Waals surface area (Å²) in [4.78, 5) is 26.7. The number of likely N-dealkylation sites (tertiary alicyclic amines) is 1. The summed E-state index contributed by atoms with van der Waals surface area (Å²) in [6.07, 6.45) is 0.602. The van der Waals surface area contributed by atoms with Gasteiger partial charge in [-0.25, -0.2) is 8.42 Å². The molecule has 2 heterocycles. The second-order valence-electron chi connectivity index (χ2n) is 7.94. The average molecular weight is 409 g/mol. The van der Waals surface area contributed by atoms with E-state index in [4.69, 9.17) is 4.74 Å². The van der Waals surface area contributed by atoms with Gasteiger partial charge in [0.05, 0.1) is 29.6 Å². The predicted molar refractivity (Wildman–Crippen MR) is 106 cm³/mol. The van der Waals surface area contributed by atoms with Crippen LogP contribution >= 0.6 is 0 Å². The van der Waals surface area contributed by atoms with Crippen molar-refractivity contribution in [1.82, 2.24) is 10.2 Å². The second-order valence-corrected chi connectivity index (χ2v) is 10.2. The van der Waals surface area contributed by atoms with Crippen molar-refractivity contribution in [2.45, 2.75) is 51.8 Å². The van der Waals surface area contributed by atoms with E-state index in [1.165, 1.54) is 0 Å². The number of carbonyl (C=O) groups excluding carboxylic acids is 2. The van der Waals surface area contributed by atoms with Gasteiger partial charge in [-0.15, -0.1) is 0 Å². The SMILES string of the molecule is CC(C)Oc1ccccc1[C@H](C)NC(=O)[C@@H]1CC(=O)N([C@H]2CCS(=O)(=O)C2)C1. The second kappa shape index (κ2) is 8.11. The minimum Gasteiger partial charge on any atom is -0.491 e. The summed E-state index contributed by atoms with van der Waals surface area (Å²) in [5, 5.41) is 2.98. The Morgan fingerprint density at radius 1 is 1.25 bits per heavy atom. The van der Waals surface area contributed by atoms with Crippen molar-refractivity contribution in [1.29, 1.82) is 0 Å². The number of benzene rings is 1.